The number of pyridine rings is 3. The molecule has 0 saturated carbocycles. The second kappa shape index (κ2) is 36.2. The second-order valence-electron chi connectivity index (χ2n) is 35.7. The quantitative estimate of drug-likeness (QED) is 0.0951. The number of furan rings is 3. The molecule has 143 heavy (non-hydrogen) atoms. The minimum atomic E-state index is 0.627. The number of hydrogen-bond donors (Lipinski definition) is 0. The van der Waals surface area contributed by atoms with Crippen molar-refractivity contribution in [3.05, 3.63) is 492 Å². The first-order valence-corrected chi connectivity index (χ1v) is 47.8. The standard InChI is InChI=1S/C51H31N3O.C41H25N3O.C39H25N3O/c1-3-15-38-35(11-1)28-45(42-18-6-5-17-41(38)42)48-29-47(36-14-9-13-34(27-36)46-31-52-30-37-12-2-4-16-39(37)46)53-51(54-48)33-25-23-32(24-26-33)40-20-10-21-44-43-19-7-8-22-49(43)55-50(40)44;1-2-9-30-29(8-1)24-36(32-11-4-3-10-31(30)32)38-25-37(28-18-16-26(17-19-28)27-20-22-42-23-21-27)43-41(44-38)35-14-7-13-34-33-12-5-6-15-39(33)45-40(34)35;1-2-11-26(12-3-1)29-14-4-6-16-31(29)35-24-36(32-17-7-5-15-30(32)28-13-10-22-40-25-28)42-39(41-35)27-20-21-34-33-18-8-9-19-37(33)43-38(34)23-27/h1-31H;1-25H;1-25H. The zero-order chi connectivity index (χ0) is 94.6. The Balaban J connectivity index is 0.000000111. The predicted molar refractivity (Wildman–Crippen MR) is 585 cm³/mol. The fourth-order valence-electron chi connectivity index (χ4n) is 20.3. The Labute approximate surface area is 821 Å². The van der Waals surface area contributed by atoms with Crippen LogP contribution in [-0.4, -0.2) is 44.9 Å². The van der Waals surface area contributed by atoms with Crippen molar-refractivity contribution >= 4 is 120 Å². The lowest BCUT2D eigenvalue weighted by atomic mass is 9.94. The van der Waals surface area contributed by atoms with Crippen LogP contribution >= 0.6 is 0 Å². The van der Waals surface area contributed by atoms with Gasteiger partial charge in [0, 0.05) is 136 Å². The lowest BCUT2D eigenvalue weighted by Gasteiger charge is -2.14. The van der Waals surface area contributed by atoms with Crippen molar-refractivity contribution in [2.45, 2.75) is 0 Å². The average molecular weight is 1830 g/mol. The van der Waals surface area contributed by atoms with E-state index in [0.717, 1.165) is 222 Å². The molecule has 0 amide bonds. The second-order valence-corrected chi connectivity index (χ2v) is 35.7. The largest absolute Gasteiger partial charge is 0.456 e. The Kier molecular flexibility index (Phi) is 21.3. The van der Waals surface area contributed by atoms with Crippen LogP contribution in [0.25, 0.3) is 277 Å². The van der Waals surface area contributed by atoms with Gasteiger partial charge in [0.25, 0.3) is 0 Å². The van der Waals surface area contributed by atoms with Crippen LogP contribution in [0.15, 0.2) is 505 Å². The van der Waals surface area contributed by atoms with Crippen molar-refractivity contribution in [1.82, 2.24) is 44.9 Å². The number of hydrogen-bond acceptors (Lipinski definition) is 12. The van der Waals surface area contributed by atoms with Crippen LogP contribution < -0.4 is 0 Å². The molecule has 19 aromatic carbocycles. The first-order valence-electron chi connectivity index (χ1n) is 47.8. The van der Waals surface area contributed by atoms with E-state index in [4.69, 9.17) is 43.2 Å². The Morgan fingerprint density at radius 2 is 0.531 bits per heavy atom. The normalized spacial score (nSPS) is 11.5. The molecule has 0 radical (unpaired) electrons. The van der Waals surface area contributed by atoms with Gasteiger partial charge in [0.2, 0.25) is 0 Å². The molecule has 0 bridgehead atoms. The molecule has 0 atom stereocenters. The maximum Gasteiger partial charge on any atom is 0.164 e. The summed E-state index contributed by atoms with van der Waals surface area (Å²) in [7, 11) is 0. The minimum Gasteiger partial charge on any atom is -0.456 e. The van der Waals surface area contributed by atoms with Crippen LogP contribution in [-0.2, 0) is 0 Å². The fraction of sp³-hybridized carbons (Fsp3) is 0. The predicted octanol–water partition coefficient (Wildman–Crippen LogP) is 34.4. The lowest BCUT2D eigenvalue weighted by Crippen LogP contribution is -1.98. The van der Waals surface area contributed by atoms with Gasteiger partial charge in [-0.2, -0.15) is 0 Å². The summed E-state index contributed by atoms with van der Waals surface area (Å²) in [5.74, 6) is 1.93. The van der Waals surface area contributed by atoms with E-state index in [1.165, 1.54) is 37.7 Å². The lowest BCUT2D eigenvalue weighted by molar-refractivity contribution is 0.669. The molecule has 0 spiro atoms. The molecule has 0 aliphatic heterocycles. The summed E-state index contributed by atoms with van der Waals surface area (Å²) in [5.41, 5.74) is 30.1. The number of benzene rings is 19. The minimum absolute atomic E-state index is 0.627. The third-order valence-electron chi connectivity index (χ3n) is 27.2. The zero-order valence-corrected chi connectivity index (χ0v) is 77.0. The molecular weight excluding hydrogens is 1750 g/mol. The van der Waals surface area contributed by atoms with E-state index in [1.54, 1.807) is 6.20 Å². The third-order valence-corrected chi connectivity index (χ3v) is 27.2. The Morgan fingerprint density at radius 3 is 1.15 bits per heavy atom. The molecule has 0 aliphatic rings. The van der Waals surface area contributed by atoms with Crippen molar-refractivity contribution in [3.8, 4) is 157 Å². The van der Waals surface area contributed by atoms with Gasteiger partial charge in [0.05, 0.1) is 39.7 Å². The molecular formula is C131H81N9O3. The molecule has 12 heteroatoms. The van der Waals surface area contributed by atoms with E-state index in [9.17, 15) is 0 Å². The van der Waals surface area contributed by atoms with Gasteiger partial charge in [-0.1, -0.05) is 364 Å². The summed E-state index contributed by atoms with van der Waals surface area (Å²) < 4.78 is 19.1. The number of fused-ring (bicyclic) bond motifs is 16. The molecule has 0 N–H and O–H groups in total. The molecule has 0 unspecified atom stereocenters. The highest BCUT2D eigenvalue weighted by atomic mass is 16.3. The van der Waals surface area contributed by atoms with Gasteiger partial charge in [0.1, 0.15) is 33.5 Å². The summed E-state index contributed by atoms with van der Waals surface area (Å²) >= 11 is 0. The third kappa shape index (κ3) is 15.8. The van der Waals surface area contributed by atoms with Crippen LogP contribution in [0.1, 0.15) is 0 Å². The SMILES string of the molecule is c1cc(-c2cc(-c3cc4ccccc4c4ccccc34)nc(-c3ccc(-c4cccc5c4oc4ccccc45)cc3)n2)cc(-c2cncc3ccccc23)c1.c1ccc(-c2ccccc2-c2cc(-c3ccccc3-c3cccnc3)nc(-c3ccc4c(c3)oc3ccccc34)n2)cc1.c1ccc2c(c1)cc(-c1cc(-c3ccc(-c4ccncc4)cc3)nc(-c3cccc4c3oc3ccccc34)n1)c1ccccc12. The van der Waals surface area contributed by atoms with Crippen molar-refractivity contribution in [1.29, 1.82) is 0 Å². The first-order chi connectivity index (χ1) is 70.9. The summed E-state index contributed by atoms with van der Waals surface area (Å²) in [6.07, 6.45) is 11.2. The molecule has 0 saturated heterocycles. The van der Waals surface area contributed by atoms with Crippen molar-refractivity contribution < 1.29 is 13.3 Å². The van der Waals surface area contributed by atoms with Crippen LogP contribution in [0.3, 0.4) is 0 Å². The van der Waals surface area contributed by atoms with E-state index < -0.39 is 0 Å². The number of para-hydroxylation sites is 5. The summed E-state index contributed by atoms with van der Waals surface area (Å²) in [6, 6.07) is 158. The smallest absolute Gasteiger partial charge is 0.164 e. The maximum atomic E-state index is 6.44. The maximum absolute atomic E-state index is 6.44. The highest BCUT2D eigenvalue weighted by molar-refractivity contribution is 6.17. The van der Waals surface area contributed by atoms with Gasteiger partial charge < -0.3 is 13.3 Å². The Hall–Kier alpha value is -19.4. The molecule has 0 aliphatic carbocycles. The van der Waals surface area contributed by atoms with Gasteiger partial charge in [-0.25, -0.2) is 29.9 Å². The number of aromatic nitrogens is 9. The number of rotatable bonds is 14. The first kappa shape index (κ1) is 84.1. The Bertz CT molecular complexity index is 9700. The van der Waals surface area contributed by atoms with Crippen molar-refractivity contribution in [2.24, 2.45) is 0 Å². The summed E-state index contributed by atoms with van der Waals surface area (Å²) in [6.45, 7) is 0. The van der Waals surface area contributed by atoms with Crippen LogP contribution in [0.2, 0.25) is 0 Å². The average Bonchev–Trinajstić information content (AvgIpc) is 1.56. The molecule has 0 fully saturated rings. The molecule has 28 aromatic rings. The van der Waals surface area contributed by atoms with Gasteiger partial charge in [-0.3, -0.25) is 15.0 Å². The van der Waals surface area contributed by atoms with E-state index in [0.29, 0.717) is 17.5 Å². The van der Waals surface area contributed by atoms with Crippen LogP contribution in [0, 0.1) is 0 Å². The summed E-state index contributed by atoms with van der Waals surface area (Å²) in [5, 5.41) is 18.3. The van der Waals surface area contributed by atoms with Crippen molar-refractivity contribution in [3.63, 3.8) is 0 Å². The van der Waals surface area contributed by atoms with Gasteiger partial charge in [0.15, 0.2) is 17.5 Å². The highest BCUT2D eigenvalue weighted by Gasteiger charge is 2.25. The molecule has 9 heterocycles. The van der Waals surface area contributed by atoms with E-state index >= 15 is 0 Å². The van der Waals surface area contributed by atoms with E-state index in [-0.39, 0.29) is 0 Å². The molecule has 9 aromatic heterocycles. The van der Waals surface area contributed by atoms with Gasteiger partial charge in [-0.15, -0.1) is 0 Å². The summed E-state index contributed by atoms with van der Waals surface area (Å²) in [4.78, 5) is 44.5. The highest BCUT2D eigenvalue weighted by Crippen LogP contribution is 2.46. The number of nitrogens with zero attached hydrogens (tertiary/aromatic N) is 9. The van der Waals surface area contributed by atoms with Gasteiger partial charge in [-0.05, 0) is 178 Å². The van der Waals surface area contributed by atoms with Crippen LogP contribution in [0.5, 0.6) is 0 Å². The van der Waals surface area contributed by atoms with Crippen molar-refractivity contribution in [2.75, 3.05) is 0 Å². The molecule has 668 valence electrons. The van der Waals surface area contributed by atoms with E-state index in [2.05, 4.69) is 391 Å². The molecule has 12 nitrogen and oxygen atoms in total. The van der Waals surface area contributed by atoms with E-state index in [1.807, 2.05) is 110 Å². The monoisotopic (exact) mass is 1830 g/mol. The topological polar surface area (TPSA) is 155 Å². The fourth-order valence-corrected chi connectivity index (χ4v) is 20.3. The van der Waals surface area contributed by atoms with Crippen LogP contribution in [0.4, 0.5) is 0 Å². The Morgan fingerprint density at radius 1 is 0.140 bits per heavy atom. The molecule has 28 rings (SSSR count). The zero-order valence-electron chi connectivity index (χ0n) is 77.0. The van der Waals surface area contributed by atoms with Gasteiger partial charge >= 0.3 is 0 Å².